The molecule has 4 unspecified atom stereocenters. The first-order chi connectivity index (χ1) is 19.0. The van der Waals surface area contributed by atoms with Crippen molar-refractivity contribution in [2.24, 2.45) is 23.2 Å². The fraction of sp³-hybridized carbons (Fsp3) is 0.559. The lowest BCUT2D eigenvalue weighted by molar-refractivity contribution is -0.136. The molecule has 1 aliphatic heterocycles. The standard InChI is InChI=1S/C34H44ClNO3S/c1-6-22(3)30-23(4)12-14-28(26-13-15-29-27(20-26)21-40(38,39)36(29)7-2)31(32(30)35)25-11-9-18-34(19-16-25)17-8-10-24(5)33(34)37/h12-15,20,22,24-25H,4,6-11,16-19,21H2,1-3,5H3. The highest BCUT2D eigenvalue weighted by Crippen LogP contribution is 2.51. The number of halogens is 1. The monoisotopic (exact) mass is 581 g/mol. The Morgan fingerprint density at radius 2 is 1.82 bits per heavy atom. The molecule has 3 aliphatic carbocycles. The summed E-state index contributed by atoms with van der Waals surface area (Å²) in [5, 5.41) is 0.798. The summed E-state index contributed by atoms with van der Waals surface area (Å²) in [7, 11) is -3.34. The second kappa shape index (κ2) is 11.3. The van der Waals surface area contributed by atoms with Crippen LogP contribution in [0.25, 0.3) is 5.57 Å². The summed E-state index contributed by atoms with van der Waals surface area (Å²) < 4.78 is 27.1. The molecular formula is C34H44ClNO3S. The lowest BCUT2D eigenvalue weighted by Gasteiger charge is -2.38. The number of rotatable bonds is 5. The number of fused-ring (bicyclic) bond motifs is 1. The highest BCUT2D eigenvalue weighted by molar-refractivity contribution is 7.92. The van der Waals surface area contributed by atoms with E-state index in [1.165, 1.54) is 4.31 Å². The maximum Gasteiger partial charge on any atom is 0.239 e. The van der Waals surface area contributed by atoms with Gasteiger partial charge in [0.2, 0.25) is 10.0 Å². The molecule has 0 radical (unpaired) electrons. The molecule has 0 N–H and O–H groups in total. The number of hydrogen-bond acceptors (Lipinski definition) is 3. The molecule has 2 fully saturated rings. The Bertz CT molecular complexity index is 1420. The second-order valence-electron chi connectivity index (χ2n) is 12.6. The first-order valence-electron chi connectivity index (χ1n) is 15.2. The van der Waals surface area contributed by atoms with E-state index in [4.69, 9.17) is 11.6 Å². The van der Waals surface area contributed by atoms with Crippen LogP contribution in [-0.2, 0) is 20.6 Å². The van der Waals surface area contributed by atoms with Gasteiger partial charge in [-0.1, -0.05) is 70.0 Å². The Labute approximate surface area is 246 Å². The number of Topliss-reactive ketones (excluding diaryl/α,β-unsaturated/α-hetero) is 1. The molecule has 216 valence electrons. The average molecular weight is 582 g/mol. The van der Waals surface area contributed by atoms with Crippen LogP contribution in [-0.4, -0.2) is 20.7 Å². The van der Waals surface area contributed by atoms with Gasteiger partial charge in [0.05, 0.1) is 11.4 Å². The van der Waals surface area contributed by atoms with Gasteiger partial charge >= 0.3 is 0 Å². The highest BCUT2D eigenvalue weighted by Gasteiger charge is 2.44. The van der Waals surface area contributed by atoms with Crippen molar-refractivity contribution in [3.8, 4) is 0 Å². The van der Waals surface area contributed by atoms with Crippen molar-refractivity contribution in [1.82, 2.24) is 0 Å². The van der Waals surface area contributed by atoms with Crippen LogP contribution in [0, 0.1) is 23.2 Å². The van der Waals surface area contributed by atoms with Crippen molar-refractivity contribution >= 4 is 38.7 Å². The van der Waals surface area contributed by atoms with E-state index in [0.717, 1.165) is 102 Å². The zero-order chi connectivity index (χ0) is 28.8. The van der Waals surface area contributed by atoms with Crippen LogP contribution in [0.1, 0.15) is 96.6 Å². The fourth-order valence-corrected chi connectivity index (χ4v) is 9.99. The quantitative estimate of drug-likeness (QED) is 0.349. The van der Waals surface area contributed by atoms with Crippen LogP contribution in [0.3, 0.4) is 0 Å². The van der Waals surface area contributed by atoms with Crippen LogP contribution in [0.15, 0.2) is 58.7 Å². The van der Waals surface area contributed by atoms with E-state index < -0.39 is 10.0 Å². The molecule has 4 aliphatic rings. The third kappa shape index (κ3) is 5.06. The van der Waals surface area contributed by atoms with Crippen molar-refractivity contribution in [3.05, 3.63) is 69.8 Å². The van der Waals surface area contributed by atoms with Gasteiger partial charge in [0.25, 0.3) is 0 Å². The summed E-state index contributed by atoms with van der Waals surface area (Å²) in [5.41, 5.74) is 6.68. The number of allylic oxidation sites excluding steroid dienone is 7. The number of carbonyl (C=O) groups is 1. The average Bonchev–Trinajstić information content (AvgIpc) is 3.02. The lowest BCUT2D eigenvalue weighted by atomic mass is 9.65. The highest BCUT2D eigenvalue weighted by atomic mass is 35.5. The Balaban J connectivity index is 1.63. The SMILES string of the molecule is C=C1C=CC(c2ccc3c(c2)CS(=O)(=O)N3CC)=C(C2CCCC3(CCCC(C)C3=O)CC2)C(Cl)=C1C(C)CC. The minimum atomic E-state index is -3.34. The minimum Gasteiger partial charge on any atom is -0.299 e. The number of sulfonamides is 1. The molecule has 1 aromatic carbocycles. The number of anilines is 1. The molecule has 1 spiro atoms. The maximum absolute atomic E-state index is 13.5. The first kappa shape index (κ1) is 29.4. The van der Waals surface area contributed by atoms with Crippen LogP contribution < -0.4 is 4.31 Å². The Morgan fingerprint density at radius 1 is 1.10 bits per heavy atom. The number of carbonyl (C=O) groups excluding carboxylic acids is 1. The molecule has 1 aromatic rings. The second-order valence-corrected chi connectivity index (χ2v) is 14.8. The van der Waals surface area contributed by atoms with E-state index in [1.54, 1.807) is 0 Å². The molecule has 4 atom stereocenters. The molecule has 40 heavy (non-hydrogen) atoms. The zero-order valence-electron chi connectivity index (χ0n) is 24.6. The van der Waals surface area contributed by atoms with Crippen molar-refractivity contribution in [3.63, 3.8) is 0 Å². The summed E-state index contributed by atoms with van der Waals surface area (Å²) >= 11 is 7.44. The van der Waals surface area contributed by atoms with Gasteiger partial charge in [0.1, 0.15) is 5.78 Å². The molecule has 0 aromatic heterocycles. The van der Waals surface area contributed by atoms with Crippen molar-refractivity contribution in [2.75, 3.05) is 10.8 Å². The van der Waals surface area contributed by atoms with Crippen molar-refractivity contribution in [1.29, 1.82) is 0 Å². The van der Waals surface area contributed by atoms with E-state index in [9.17, 15) is 13.2 Å². The van der Waals surface area contributed by atoms with Crippen LogP contribution >= 0.6 is 11.6 Å². The van der Waals surface area contributed by atoms with E-state index in [0.29, 0.717) is 12.3 Å². The van der Waals surface area contributed by atoms with Gasteiger partial charge in [0.15, 0.2) is 0 Å². The van der Waals surface area contributed by atoms with Crippen molar-refractivity contribution < 1.29 is 13.2 Å². The summed E-state index contributed by atoms with van der Waals surface area (Å²) in [4.78, 5) is 13.5. The molecule has 5 rings (SSSR count). The first-order valence-corrected chi connectivity index (χ1v) is 17.2. The van der Waals surface area contributed by atoms with Crippen LogP contribution in [0.5, 0.6) is 0 Å². The zero-order valence-corrected chi connectivity index (χ0v) is 26.1. The number of hydrogen-bond donors (Lipinski definition) is 0. The van der Waals surface area contributed by atoms with Crippen LogP contribution in [0.4, 0.5) is 5.69 Å². The molecule has 6 heteroatoms. The van der Waals surface area contributed by atoms with Gasteiger partial charge in [-0.15, -0.1) is 0 Å². The number of benzene rings is 1. The van der Waals surface area contributed by atoms with E-state index >= 15 is 0 Å². The topological polar surface area (TPSA) is 54.5 Å². The summed E-state index contributed by atoms with van der Waals surface area (Å²) in [6.45, 7) is 13.2. The predicted octanol–water partition coefficient (Wildman–Crippen LogP) is 8.73. The summed E-state index contributed by atoms with van der Waals surface area (Å²) in [6.07, 6.45) is 13.2. The molecule has 0 bridgehead atoms. The predicted molar refractivity (Wildman–Crippen MR) is 167 cm³/mol. The summed E-state index contributed by atoms with van der Waals surface area (Å²) in [5.74, 6) is 1.16. The molecule has 1 heterocycles. The smallest absolute Gasteiger partial charge is 0.239 e. The van der Waals surface area contributed by atoms with Gasteiger partial charge in [-0.3, -0.25) is 9.10 Å². The summed E-state index contributed by atoms with van der Waals surface area (Å²) in [6, 6.07) is 6.05. The molecule has 0 saturated heterocycles. The Morgan fingerprint density at radius 3 is 2.52 bits per heavy atom. The van der Waals surface area contributed by atoms with E-state index in [2.05, 4.69) is 39.5 Å². The molecular weight excluding hydrogens is 538 g/mol. The lowest BCUT2D eigenvalue weighted by Crippen LogP contribution is -2.38. The van der Waals surface area contributed by atoms with Gasteiger partial charge in [0, 0.05) is 22.9 Å². The Kier molecular flexibility index (Phi) is 8.29. The van der Waals surface area contributed by atoms with Crippen molar-refractivity contribution in [2.45, 2.75) is 91.2 Å². The van der Waals surface area contributed by atoms with Gasteiger partial charge in [-0.05, 0) is 109 Å². The normalized spacial score (nSPS) is 29.6. The van der Waals surface area contributed by atoms with E-state index in [1.807, 2.05) is 25.1 Å². The fourth-order valence-electron chi connectivity index (χ4n) is 7.77. The van der Waals surface area contributed by atoms with E-state index in [-0.39, 0.29) is 28.9 Å². The van der Waals surface area contributed by atoms with Gasteiger partial charge < -0.3 is 0 Å². The largest absolute Gasteiger partial charge is 0.299 e. The minimum absolute atomic E-state index is 0.0248. The molecule has 0 amide bonds. The third-order valence-electron chi connectivity index (χ3n) is 10.1. The van der Waals surface area contributed by atoms with Crippen LogP contribution in [0.2, 0.25) is 0 Å². The maximum atomic E-state index is 13.5. The number of ketones is 1. The van der Waals surface area contributed by atoms with Gasteiger partial charge in [-0.2, -0.15) is 0 Å². The van der Waals surface area contributed by atoms with Gasteiger partial charge in [-0.25, -0.2) is 8.42 Å². The molecule has 2 saturated carbocycles. The third-order valence-corrected chi connectivity index (χ3v) is 12.3. The molecule has 4 nitrogen and oxygen atoms in total. The Hall–Kier alpha value is -2.11. The number of nitrogens with zero attached hydrogens (tertiary/aromatic N) is 1.